The van der Waals surface area contributed by atoms with E-state index in [9.17, 15) is 14.7 Å². The molecule has 5 rings (SSSR count). The molecular weight excluding hydrogens is 436 g/mol. The van der Waals surface area contributed by atoms with Crippen LogP contribution in [-0.4, -0.2) is 21.4 Å². The monoisotopic (exact) mass is 464 g/mol. The van der Waals surface area contributed by atoms with E-state index in [1.807, 2.05) is 104 Å². The average molecular weight is 465 g/mol. The molecule has 1 aliphatic heterocycles. The summed E-state index contributed by atoms with van der Waals surface area (Å²) in [4.78, 5) is 28.6. The van der Waals surface area contributed by atoms with E-state index >= 15 is 0 Å². The van der Waals surface area contributed by atoms with E-state index in [-0.39, 0.29) is 17.8 Å². The van der Waals surface area contributed by atoms with Crippen molar-refractivity contribution >= 4 is 28.3 Å². The molecule has 0 saturated carbocycles. The molecule has 1 aliphatic rings. The number of fused-ring (bicyclic) bond motifs is 1. The Kier molecular flexibility index (Phi) is 5.77. The number of aliphatic hydroxyl groups is 1. The van der Waals surface area contributed by atoms with Crippen LogP contribution in [0.3, 0.4) is 0 Å². The van der Waals surface area contributed by atoms with Crippen molar-refractivity contribution in [3.8, 4) is 0 Å². The van der Waals surface area contributed by atoms with Gasteiger partial charge >= 0.3 is 0 Å². The molecule has 1 N–H and O–H groups in total. The Morgan fingerprint density at radius 2 is 1.66 bits per heavy atom. The van der Waals surface area contributed by atoms with Gasteiger partial charge in [0, 0.05) is 41.8 Å². The second kappa shape index (κ2) is 8.91. The summed E-state index contributed by atoms with van der Waals surface area (Å²) < 4.78 is 2.00. The van der Waals surface area contributed by atoms with Crippen LogP contribution >= 0.6 is 0 Å². The van der Waals surface area contributed by atoms with Crippen molar-refractivity contribution in [2.45, 2.75) is 32.7 Å². The van der Waals surface area contributed by atoms with Crippen LogP contribution in [0, 0.1) is 13.8 Å². The summed E-state index contributed by atoms with van der Waals surface area (Å²) in [7, 11) is 1.95. The number of nitrogens with zero attached hydrogens (tertiary/aromatic N) is 2. The molecule has 1 atom stereocenters. The molecule has 4 aromatic rings. The molecule has 5 heteroatoms. The predicted octanol–water partition coefficient (Wildman–Crippen LogP) is 5.90. The number of carbonyl (C=O) groups excluding carboxylic acids is 2. The Bertz CT molecular complexity index is 1480. The lowest BCUT2D eigenvalue weighted by atomic mass is 9.92. The molecule has 176 valence electrons. The van der Waals surface area contributed by atoms with Gasteiger partial charge in [0.2, 0.25) is 0 Å². The van der Waals surface area contributed by atoms with E-state index in [4.69, 9.17) is 0 Å². The van der Waals surface area contributed by atoms with Gasteiger partial charge in [0.05, 0.1) is 11.6 Å². The van der Waals surface area contributed by atoms with Crippen molar-refractivity contribution in [2.24, 2.45) is 7.05 Å². The number of aromatic nitrogens is 1. The van der Waals surface area contributed by atoms with E-state index in [1.54, 1.807) is 4.90 Å². The van der Waals surface area contributed by atoms with Crippen molar-refractivity contribution in [2.75, 3.05) is 4.90 Å². The highest BCUT2D eigenvalue weighted by molar-refractivity contribution is 6.17. The van der Waals surface area contributed by atoms with Gasteiger partial charge < -0.3 is 9.67 Å². The zero-order valence-electron chi connectivity index (χ0n) is 20.2. The lowest BCUT2D eigenvalue weighted by Crippen LogP contribution is -2.31. The Hall–Kier alpha value is -4.12. The summed E-state index contributed by atoms with van der Waals surface area (Å²) in [5, 5.41) is 12.0. The highest BCUT2D eigenvalue weighted by Crippen LogP contribution is 2.44. The smallest absolute Gasteiger partial charge is 0.294 e. The van der Waals surface area contributed by atoms with Gasteiger partial charge in [-0.15, -0.1) is 0 Å². The molecular formula is C30H28N2O3. The molecule has 5 nitrogen and oxygen atoms in total. The van der Waals surface area contributed by atoms with Crippen molar-refractivity contribution < 1.29 is 14.7 Å². The quantitative estimate of drug-likeness (QED) is 0.387. The van der Waals surface area contributed by atoms with Gasteiger partial charge in [-0.25, -0.2) is 0 Å². The third-order valence-electron chi connectivity index (χ3n) is 6.98. The first-order chi connectivity index (χ1) is 16.9. The predicted molar refractivity (Wildman–Crippen MR) is 138 cm³/mol. The number of aliphatic hydroxyl groups excluding tert-OH is 1. The van der Waals surface area contributed by atoms with Gasteiger partial charge in [0.1, 0.15) is 0 Å². The van der Waals surface area contributed by atoms with Crippen molar-refractivity contribution in [3.63, 3.8) is 0 Å². The fourth-order valence-electron chi connectivity index (χ4n) is 4.95. The largest absolute Gasteiger partial charge is 0.503 e. The van der Waals surface area contributed by atoms with Crippen molar-refractivity contribution in [1.29, 1.82) is 0 Å². The zero-order chi connectivity index (χ0) is 24.7. The van der Waals surface area contributed by atoms with Crippen molar-refractivity contribution in [3.05, 3.63) is 113 Å². The average Bonchev–Trinajstić information content (AvgIpc) is 3.33. The van der Waals surface area contributed by atoms with Gasteiger partial charge in [-0.1, -0.05) is 54.6 Å². The zero-order valence-corrected chi connectivity index (χ0v) is 20.2. The first kappa shape index (κ1) is 22.7. The van der Waals surface area contributed by atoms with Gasteiger partial charge in [-0.05, 0) is 55.2 Å². The van der Waals surface area contributed by atoms with Crippen LogP contribution in [0.5, 0.6) is 0 Å². The van der Waals surface area contributed by atoms with Crippen LogP contribution in [0.2, 0.25) is 0 Å². The number of aryl methyl sites for hydroxylation is 4. The Morgan fingerprint density at radius 1 is 0.943 bits per heavy atom. The Labute approximate surface area is 204 Å². The standard InChI is InChI=1S/C30H28N2O3/c1-19-13-15-22(17-20(19)2)32-28(24-18-31(3)25-12-8-7-11-23(24)25)27(29(34)30(32)35)26(33)16-14-21-9-5-4-6-10-21/h4-13,15,17-18,28,34H,14,16H2,1-3H3. The summed E-state index contributed by atoms with van der Waals surface area (Å²) in [6.07, 6.45) is 2.70. The number of hydrogen-bond acceptors (Lipinski definition) is 3. The number of anilines is 1. The summed E-state index contributed by atoms with van der Waals surface area (Å²) in [5.41, 5.74) is 5.83. The summed E-state index contributed by atoms with van der Waals surface area (Å²) >= 11 is 0. The molecule has 3 aromatic carbocycles. The second-order valence-electron chi connectivity index (χ2n) is 9.23. The molecule has 0 fully saturated rings. The maximum absolute atomic E-state index is 13.6. The molecule has 0 spiro atoms. The molecule has 0 bridgehead atoms. The summed E-state index contributed by atoms with van der Waals surface area (Å²) in [5.74, 6) is -1.22. The number of Topliss-reactive ketones (excluding diaryl/α,β-unsaturated/α-hetero) is 1. The van der Waals surface area contributed by atoms with Crippen LogP contribution in [0.1, 0.15) is 34.7 Å². The lowest BCUT2D eigenvalue weighted by molar-refractivity contribution is -0.118. The summed E-state index contributed by atoms with van der Waals surface area (Å²) in [6, 6.07) is 22.8. The molecule has 1 unspecified atom stereocenters. The van der Waals surface area contributed by atoms with Crippen molar-refractivity contribution in [1.82, 2.24) is 4.57 Å². The molecule has 1 aromatic heterocycles. The number of amides is 1. The maximum atomic E-state index is 13.6. The molecule has 35 heavy (non-hydrogen) atoms. The highest BCUT2D eigenvalue weighted by Gasteiger charge is 2.45. The number of benzene rings is 3. The van der Waals surface area contributed by atoms with Gasteiger partial charge in [0.25, 0.3) is 5.91 Å². The van der Waals surface area contributed by atoms with Crippen LogP contribution < -0.4 is 4.90 Å². The maximum Gasteiger partial charge on any atom is 0.294 e. The fourth-order valence-corrected chi connectivity index (χ4v) is 4.95. The highest BCUT2D eigenvalue weighted by atomic mass is 16.3. The van der Waals surface area contributed by atoms with E-state index in [1.165, 1.54) is 0 Å². The third kappa shape index (κ3) is 3.93. The first-order valence-electron chi connectivity index (χ1n) is 11.8. The van der Waals surface area contributed by atoms with E-state index in [0.29, 0.717) is 12.1 Å². The Balaban J connectivity index is 1.63. The molecule has 2 heterocycles. The van der Waals surface area contributed by atoms with Crippen LogP contribution in [0.4, 0.5) is 5.69 Å². The fraction of sp³-hybridized carbons (Fsp3) is 0.200. The SMILES string of the molecule is Cc1ccc(N2C(=O)C(O)=C(C(=O)CCc3ccccc3)C2c2cn(C)c3ccccc23)cc1C. The van der Waals surface area contributed by atoms with Crippen LogP contribution in [-0.2, 0) is 23.1 Å². The van der Waals surface area contributed by atoms with E-state index in [0.717, 1.165) is 33.2 Å². The normalized spacial score (nSPS) is 15.9. The molecule has 0 aliphatic carbocycles. The Morgan fingerprint density at radius 3 is 2.40 bits per heavy atom. The van der Waals surface area contributed by atoms with E-state index < -0.39 is 17.7 Å². The lowest BCUT2D eigenvalue weighted by Gasteiger charge is -2.27. The van der Waals surface area contributed by atoms with E-state index in [2.05, 4.69) is 0 Å². The topological polar surface area (TPSA) is 62.5 Å². The minimum atomic E-state index is -0.709. The minimum absolute atomic E-state index is 0.167. The number of para-hydroxylation sites is 1. The molecule has 0 radical (unpaired) electrons. The van der Waals surface area contributed by atoms with Gasteiger partial charge in [-0.2, -0.15) is 0 Å². The van der Waals surface area contributed by atoms with Gasteiger partial charge in [-0.3, -0.25) is 14.5 Å². The number of ketones is 1. The summed E-state index contributed by atoms with van der Waals surface area (Å²) in [6.45, 7) is 4.01. The van der Waals surface area contributed by atoms with Crippen LogP contribution in [0.15, 0.2) is 90.3 Å². The number of rotatable bonds is 6. The van der Waals surface area contributed by atoms with Gasteiger partial charge in [0.15, 0.2) is 11.5 Å². The molecule has 0 saturated heterocycles. The number of carbonyl (C=O) groups is 2. The minimum Gasteiger partial charge on any atom is -0.503 e. The second-order valence-corrected chi connectivity index (χ2v) is 9.23. The first-order valence-corrected chi connectivity index (χ1v) is 11.8. The molecule has 1 amide bonds. The number of hydrogen-bond donors (Lipinski definition) is 1. The third-order valence-corrected chi connectivity index (χ3v) is 6.98. The van der Waals surface area contributed by atoms with Crippen LogP contribution in [0.25, 0.3) is 10.9 Å².